The second-order valence-corrected chi connectivity index (χ2v) is 1.98. The molecule has 0 aliphatic rings. The number of rotatable bonds is 0. The summed E-state index contributed by atoms with van der Waals surface area (Å²) in [7, 11) is 1.58. The van der Waals surface area contributed by atoms with Gasteiger partial charge in [-0.3, -0.25) is 9.36 Å². The summed E-state index contributed by atoms with van der Waals surface area (Å²) >= 11 is 0. The minimum absolute atomic E-state index is 0.160. The summed E-state index contributed by atoms with van der Waals surface area (Å²) in [6.07, 6.45) is 0.733. The maximum Gasteiger partial charge on any atom is 0.278 e. The highest BCUT2D eigenvalue weighted by Crippen LogP contribution is 1.49. The Hall–Kier alpha value is -1.45. The number of aromatic amines is 1. The van der Waals surface area contributed by atoms with Gasteiger partial charge in [0.05, 0.1) is 0 Å². The van der Waals surface area contributed by atoms with Gasteiger partial charge in [-0.2, -0.15) is 0 Å². The number of aliphatic hydroxyl groups is 1. The smallest absolute Gasteiger partial charge is 0.278 e. The van der Waals surface area contributed by atoms with Crippen molar-refractivity contribution in [3.8, 4) is 0 Å². The van der Waals surface area contributed by atoms with Crippen LogP contribution < -0.4 is 16.4 Å². The molecule has 0 aliphatic carbocycles. The molecule has 54 valence electrons. The monoisotopic (exact) mass is 140 g/mol. The van der Waals surface area contributed by atoms with Crippen LogP contribution in [0.1, 0.15) is 0 Å². The van der Waals surface area contributed by atoms with Gasteiger partial charge in [-0.15, -0.1) is 0 Å². The van der Waals surface area contributed by atoms with Crippen LogP contribution in [0.4, 0.5) is 0 Å². The fourth-order valence-electron chi connectivity index (χ4n) is 0.684. The summed E-state index contributed by atoms with van der Waals surface area (Å²) in [5, 5.41) is 8.62. The summed E-state index contributed by atoms with van der Waals surface area (Å²) in [4.78, 5) is 13.5. The summed E-state index contributed by atoms with van der Waals surface area (Å²) in [6, 6.07) is 0. The van der Waals surface area contributed by atoms with Gasteiger partial charge >= 0.3 is 0 Å². The third-order valence-electron chi connectivity index (χ3n) is 1.35. The maximum absolute atomic E-state index is 10.9. The third-order valence-corrected chi connectivity index (χ3v) is 1.35. The van der Waals surface area contributed by atoms with Crippen LogP contribution in [-0.4, -0.2) is 14.7 Å². The minimum Gasteiger partial charge on any atom is -0.513 e. The molecule has 4 heteroatoms. The molecule has 1 aromatic rings. The molecule has 0 aliphatic heterocycles. The van der Waals surface area contributed by atoms with Gasteiger partial charge in [0.15, 0.2) is 0 Å². The third kappa shape index (κ3) is 0.737. The molecule has 1 heterocycles. The Kier molecular flexibility index (Phi) is 1.37. The molecule has 0 bridgehead atoms. The topological polar surface area (TPSA) is 58.0 Å². The molecule has 0 radical (unpaired) electrons. The van der Waals surface area contributed by atoms with E-state index in [9.17, 15) is 4.79 Å². The SMILES string of the molecule is C=c1[nH]c(=CO)c(=O)n1C. The second kappa shape index (κ2) is 2.06. The van der Waals surface area contributed by atoms with Gasteiger partial charge in [-0.1, -0.05) is 6.58 Å². The lowest BCUT2D eigenvalue weighted by Crippen LogP contribution is -2.28. The van der Waals surface area contributed by atoms with Crippen molar-refractivity contribution in [3.05, 3.63) is 21.2 Å². The number of hydrogen-bond acceptors (Lipinski definition) is 2. The van der Waals surface area contributed by atoms with Crippen molar-refractivity contribution in [2.75, 3.05) is 0 Å². The number of hydrogen-bond donors (Lipinski definition) is 2. The van der Waals surface area contributed by atoms with Crippen LogP contribution >= 0.6 is 0 Å². The number of aromatic nitrogens is 2. The molecule has 0 unspecified atom stereocenters. The van der Waals surface area contributed by atoms with E-state index in [0.29, 0.717) is 5.48 Å². The van der Waals surface area contributed by atoms with Crippen LogP contribution in [0.5, 0.6) is 0 Å². The van der Waals surface area contributed by atoms with Crippen LogP contribution in [-0.2, 0) is 7.05 Å². The van der Waals surface area contributed by atoms with Crippen molar-refractivity contribution in [3.63, 3.8) is 0 Å². The summed E-state index contributed by atoms with van der Waals surface area (Å²) < 4.78 is 1.32. The molecule has 1 rings (SSSR count). The van der Waals surface area contributed by atoms with Crippen molar-refractivity contribution in [1.82, 2.24) is 9.55 Å². The van der Waals surface area contributed by atoms with Crippen molar-refractivity contribution < 1.29 is 5.11 Å². The van der Waals surface area contributed by atoms with Gasteiger partial charge in [0, 0.05) is 7.05 Å². The largest absolute Gasteiger partial charge is 0.513 e. The molecule has 0 atom stereocenters. The molecule has 2 N–H and O–H groups in total. The highest BCUT2D eigenvalue weighted by atomic mass is 16.2. The van der Waals surface area contributed by atoms with E-state index in [1.54, 1.807) is 7.05 Å². The van der Waals surface area contributed by atoms with E-state index in [-0.39, 0.29) is 10.9 Å². The fraction of sp³-hybridized carbons (Fsp3) is 0.167. The van der Waals surface area contributed by atoms with Crippen LogP contribution in [0.2, 0.25) is 0 Å². The summed E-state index contributed by atoms with van der Waals surface area (Å²) in [5.41, 5.74) is 0.206. The van der Waals surface area contributed by atoms with Crippen molar-refractivity contribution in [2.45, 2.75) is 0 Å². The van der Waals surface area contributed by atoms with E-state index < -0.39 is 0 Å². The van der Waals surface area contributed by atoms with E-state index >= 15 is 0 Å². The Morgan fingerprint density at radius 3 is 2.60 bits per heavy atom. The van der Waals surface area contributed by atoms with E-state index in [2.05, 4.69) is 11.6 Å². The van der Waals surface area contributed by atoms with E-state index in [1.807, 2.05) is 0 Å². The van der Waals surface area contributed by atoms with Crippen LogP contribution in [0.3, 0.4) is 0 Å². The van der Waals surface area contributed by atoms with Gasteiger partial charge in [0.25, 0.3) is 5.56 Å². The van der Waals surface area contributed by atoms with E-state index in [1.165, 1.54) is 4.57 Å². The number of aliphatic hydroxyl groups excluding tert-OH is 1. The average molecular weight is 140 g/mol. The predicted molar refractivity (Wildman–Crippen MR) is 37.9 cm³/mol. The van der Waals surface area contributed by atoms with Gasteiger partial charge in [-0.25, -0.2) is 0 Å². The quantitative estimate of drug-likeness (QED) is 0.457. The summed E-state index contributed by atoms with van der Waals surface area (Å²) in [6.45, 7) is 3.53. The Bertz CT molecular complexity index is 385. The van der Waals surface area contributed by atoms with Gasteiger partial charge in [0.1, 0.15) is 17.1 Å². The molecule has 0 saturated carbocycles. The van der Waals surface area contributed by atoms with Crippen molar-refractivity contribution >= 4 is 12.8 Å². The van der Waals surface area contributed by atoms with Gasteiger partial charge < -0.3 is 10.1 Å². The Morgan fingerprint density at radius 2 is 2.40 bits per heavy atom. The molecule has 0 spiro atoms. The van der Waals surface area contributed by atoms with E-state index in [4.69, 9.17) is 5.11 Å². The molecular weight excluding hydrogens is 132 g/mol. The molecule has 0 saturated heterocycles. The number of nitrogens with zero attached hydrogens (tertiary/aromatic N) is 1. The van der Waals surface area contributed by atoms with E-state index in [0.717, 1.165) is 6.26 Å². The first-order valence-electron chi connectivity index (χ1n) is 2.75. The first kappa shape index (κ1) is 6.67. The van der Waals surface area contributed by atoms with Crippen molar-refractivity contribution in [2.24, 2.45) is 7.05 Å². The van der Waals surface area contributed by atoms with Crippen LogP contribution in [0, 0.1) is 0 Å². The number of H-pyrrole nitrogens is 1. The number of imidazole rings is 1. The maximum atomic E-state index is 10.9. The number of nitrogens with one attached hydrogen (secondary N) is 1. The zero-order valence-electron chi connectivity index (χ0n) is 5.59. The predicted octanol–water partition coefficient (Wildman–Crippen LogP) is -1.58. The first-order chi connectivity index (χ1) is 4.66. The fourth-order valence-corrected chi connectivity index (χ4v) is 0.684. The molecule has 1 aromatic heterocycles. The normalized spacial score (nSPS) is 12.3. The van der Waals surface area contributed by atoms with Crippen LogP contribution in [0.15, 0.2) is 4.79 Å². The van der Waals surface area contributed by atoms with Crippen LogP contribution in [0.25, 0.3) is 12.8 Å². The Morgan fingerprint density at radius 1 is 1.80 bits per heavy atom. The molecule has 0 fully saturated rings. The zero-order valence-corrected chi connectivity index (χ0v) is 5.59. The van der Waals surface area contributed by atoms with Gasteiger partial charge in [-0.05, 0) is 0 Å². The van der Waals surface area contributed by atoms with Gasteiger partial charge in [0.2, 0.25) is 0 Å². The highest BCUT2D eigenvalue weighted by Gasteiger charge is 1.93. The lowest BCUT2D eigenvalue weighted by Gasteiger charge is -1.80. The Balaban J connectivity index is 3.81. The standard InChI is InChI=1S/C6H8N2O2/c1-4-7-5(3-9)6(10)8(4)2/h3,7,9H,1H2,2H3. The zero-order chi connectivity index (χ0) is 7.72. The minimum atomic E-state index is -0.271. The summed E-state index contributed by atoms with van der Waals surface area (Å²) in [5.74, 6) is 0. The lowest BCUT2D eigenvalue weighted by molar-refractivity contribution is 0.538. The molecule has 0 amide bonds. The molecule has 10 heavy (non-hydrogen) atoms. The average Bonchev–Trinajstić information content (AvgIpc) is 2.17. The van der Waals surface area contributed by atoms with Crippen molar-refractivity contribution in [1.29, 1.82) is 0 Å². The lowest BCUT2D eigenvalue weighted by atomic mass is 10.7. The molecule has 0 aromatic carbocycles. The first-order valence-corrected chi connectivity index (χ1v) is 2.75. The molecule has 4 nitrogen and oxygen atoms in total. The second-order valence-electron chi connectivity index (χ2n) is 1.98. The molecular formula is C6H8N2O2. The highest BCUT2D eigenvalue weighted by molar-refractivity contribution is 5.06. The Labute approximate surface area is 56.7 Å².